The predicted molar refractivity (Wildman–Crippen MR) is 64.7 cm³/mol. The van der Waals surface area contributed by atoms with E-state index in [4.69, 9.17) is 4.42 Å². The average Bonchev–Trinajstić information content (AvgIpc) is 2.73. The summed E-state index contributed by atoms with van der Waals surface area (Å²) in [6.07, 6.45) is 0. The predicted octanol–water partition coefficient (Wildman–Crippen LogP) is 2.40. The van der Waals surface area contributed by atoms with Crippen LogP contribution in [0, 0.1) is 6.92 Å². The van der Waals surface area contributed by atoms with Gasteiger partial charge in [-0.3, -0.25) is 4.79 Å². The highest BCUT2D eigenvalue weighted by Crippen LogP contribution is 2.21. The lowest BCUT2D eigenvalue weighted by Gasteiger charge is -1.96. The maximum Gasteiger partial charge on any atom is 0.273 e. The molecule has 1 aromatic carbocycles. The second-order valence-electron chi connectivity index (χ2n) is 3.65. The molecule has 4 nitrogen and oxygen atoms in total. The first-order valence-electron chi connectivity index (χ1n) is 5.53. The first kappa shape index (κ1) is 11.4. The molecular formula is C13H14N2O2. The van der Waals surface area contributed by atoms with Crippen molar-refractivity contribution in [1.29, 1.82) is 0 Å². The fourth-order valence-corrected chi connectivity index (χ4v) is 1.56. The highest BCUT2D eigenvalue weighted by Gasteiger charge is 2.16. The van der Waals surface area contributed by atoms with Crippen molar-refractivity contribution in [3.8, 4) is 11.5 Å². The molecule has 2 aromatic rings. The number of benzene rings is 1. The van der Waals surface area contributed by atoms with Crippen LogP contribution in [0.2, 0.25) is 0 Å². The third-order valence-electron chi connectivity index (χ3n) is 2.37. The van der Waals surface area contributed by atoms with Gasteiger partial charge in [0.25, 0.3) is 5.91 Å². The molecule has 4 heteroatoms. The first-order valence-corrected chi connectivity index (χ1v) is 5.53. The lowest BCUT2D eigenvalue weighted by Crippen LogP contribution is -2.23. The Labute approximate surface area is 99.7 Å². The maximum atomic E-state index is 11.7. The molecule has 1 N–H and O–H groups in total. The topological polar surface area (TPSA) is 55.1 Å². The Morgan fingerprint density at radius 1 is 1.35 bits per heavy atom. The van der Waals surface area contributed by atoms with Crippen LogP contribution in [0.5, 0.6) is 0 Å². The van der Waals surface area contributed by atoms with Crippen molar-refractivity contribution in [2.45, 2.75) is 13.8 Å². The number of oxazole rings is 1. The van der Waals surface area contributed by atoms with Crippen molar-refractivity contribution in [3.05, 3.63) is 41.8 Å². The molecule has 1 heterocycles. The second-order valence-corrected chi connectivity index (χ2v) is 3.65. The van der Waals surface area contributed by atoms with Gasteiger partial charge in [0.2, 0.25) is 5.89 Å². The maximum absolute atomic E-state index is 11.7. The molecule has 0 spiro atoms. The SMILES string of the molecule is CCNC(=O)c1nc(-c2ccccc2)oc1C. The van der Waals surface area contributed by atoms with Crippen molar-refractivity contribution in [2.75, 3.05) is 6.54 Å². The molecule has 17 heavy (non-hydrogen) atoms. The van der Waals surface area contributed by atoms with Crippen LogP contribution >= 0.6 is 0 Å². The van der Waals surface area contributed by atoms with Crippen LogP contribution in [-0.2, 0) is 0 Å². The number of hydrogen-bond donors (Lipinski definition) is 1. The monoisotopic (exact) mass is 230 g/mol. The zero-order valence-electron chi connectivity index (χ0n) is 9.86. The number of carbonyl (C=O) groups excluding carboxylic acids is 1. The van der Waals surface area contributed by atoms with E-state index in [-0.39, 0.29) is 5.91 Å². The smallest absolute Gasteiger partial charge is 0.273 e. The molecule has 0 atom stereocenters. The van der Waals surface area contributed by atoms with Crippen molar-refractivity contribution < 1.29 is 9.21 Å². The zero-order chi connectivity index (χ0) is 12.3. The van der Waals surface area contributed by atoms with E-state index >= 15 is 0 Å². The standard InChI is InChI=1S/C13H14N2O2/c1-3-14-12(16)11-9(2)17-13(15-11)10-7-5-4-6-8-10/h4-8H,3H2,1-2H3,(H,14,16). The van der Waals surface area contributed by atoms with Gasteiger partial charge in [0.15, 0.2) is 5.69 Å². The largest absolute Gasteiger partial charge is 0.441 e. The number of aromatic nitrogens is 1. The number of rotatable bonds is 3. The number of hydrogen-bond acceptors (Lipinski definition) is 3. The molecule has 88 valence electrons. The van der Waals surface area contributed by atoms with Gasteiger partial charge in [-0.05, 0) is 26.0 Å². The van der Waals surface area contributed by atoms with Gasteiger partial charge in [-0.1, -0.05) is 18.2 Å². The zero-order valence-corrected chi connectivity index (χ0v) is 9.86. The average molecular weight is 230 g/mol. The molecule has 1 aromatic heterocycles. The number of aryl methyl sites for hydroxylation is 1. The Bertz CT molecular complexity index is 517. The number of nitrogens with one attached hydrogen (secondary N) is 1. The Hall–Kier alpha value is -2.10. The summed E-state index contributed by atoms with van der Waals surface area (Å²) in [5, 5.41) is 2.71. The fraction of sp³-hybridized carbons (Fsp3) is 0.231. The van der Waals surface area contributed by atoms with Gasteiger partial charge in [0.05, 0.1) is 0 Å². The summed E-state index contributed by atoms with van der Waals surface area (Å²) in [5.41, 5.74) is 1.22. The highest BCUT2D eigenvalue weighted by molar-refractivity contribution is 5.93. The minimum Gasteiger partial charge on any atom is -0.441 e. The fourth-order valence-electron chi connectivity index (χ4n) is 1.56. The lowest BCUT2D eigenvalue weighted by molar-refractivity contribution is 0.0950. The Morgan fingerprint density at radius 3 is 2.71 bits per heavy atom. The minimum atomic E-state index is -0.198. The van der Waals surface area contributed by atoms with E-state index < -0.39 is 0 Å². The van der Waals surface area contributed by atoms with Crippen LogP contribution in [0.25, 0.3) is 11.5 Å². The van der Waals surface area contributed by atoms with Crippen LogP contribution in [0.3, 0.4) is 0 Å². The lowest BCUT2D eigenvalue weighted by atomic mass is 10.2. The molecule has 2 rings (SSSR count). The molecule has 0 unspecified atom stereocenters. The molecule has 0 fully saturated rings. The van der Waals surface area contributed by atoms with Gasteiger partial charge in [-0.25, -0.2) is 4.98 Å². The third-order valence-corrected chi connectivity index (χ3v) is 2.37. The summed E-state index contributed by atoms with van der Waals surface area (Å²) >= 11 is 0. The van der Waals surface area contributed by atoms with Crippen molar-refractivity contribution in [2.24, 2.45) is 0 Å². The molecule has 0 aliphatic heterocycles. The van der Waals surface area contributed by atoms with Gasteiger partial charge >= 0.3 is 0 Å². The Morgan fingerprint density at radius 2 is 2.06 bits per heavy atom. The molecule has 1 amide bonds. The summed E-state index contributed by atoms with van der Waals surface area (Å²) in [6, 6.07) is 9.52. The van der Waals surface area contributed by atoms with Crippen molar-refractivity contribution in [3.63, 3.8) is 0 Å². The van der Waals surface area contributed by atoms with E-state index in [1.807, 2.05) is 37.3 Å². The van der Waals surface area contributed by atoms with E-state index in [1.54, 1.807) is 6.92 Å². The minimum absolute atomic E-state index is 0.198. The summed E-state index contributed by atoms with van der Waals surface area (Å²) in [7, 11) is 0. The Kier molecular flexibility index (Phi) is 3.23. The molecule has 0 saturated carbocycles. The Balaban J connectivity index is 2.34. The van der Waals surface area contributed by atoms with E-state index in [2.05, 4.69) is 10.3 Å². The molecule has 0 radical (unpaired) electrons. The summed E-state index contributed by atoms with van der Waals surface area (Å²) in [5.74, 6) is 0.815. The van der Waals surface area contributed by atoms with Crippen LogP contribution < -0.4 is 5.32 Å². The van der Waals surface area contributed by atoms with Crippen LogP contribution in [-0.4, -0.2) is 17.4 Å². The highest BCUT2D eigenvalue weighted by atomic mass is 16.4. The molecule has 0 aliphatic carbocycles. The second kappa shape index (κ2) is 4.82. The van der Waals surface area contributed by atoms with E-state index in [0.717, 1.165) is 5.56 Å². The van der Waals surface area contributed by atoms with Gasteiger partial charge in [-0.2, -0.15) is 0 Å². The number of amides is 1. The van der Waals surface area contributed by atoms with Crippen LogP contribution in [0.4, 0.5) is 0 Å². The van der Waals surface area contributed by atoms with E-state index in [1.165, 1.54) is 0 Å². The van der Waals surface area contributed by atoms with Crippen molar-refractivity contribution >= 4 is 5.91 Å². The molecule has 0 saturated heterocycles. The molecule has 0 bridgehead atoms. The summed E-state index contributed by atoms with van der Waals surface area (Å²) in [6.45, 7) is 4.18. The van der Waals surface area contributed by atoms with Crippen molar-refractivity contribution in [1.82, 2.24) is 10.3 Å². The first-order chi connectivity index (χ1) is 8.22. The summed E-state index contributed by atoms with van der Waals surface area (Å²) in [4.78, 5) is 15.9. The normalized spacial score (nSPS) is 10.2. The van der Waals surface area contributed by atoms with Crippen LogP contribution in [0.1, 0.15) is 23.2 Å². The third kappa shape index (κ3) is 2.36. The van der Waals surface area contributed by atoms with Gasteiger partial charge in [0.1, 0.15) is 5.76 Å². The van der Waals surface area contributed by atoms with Gasteiger partial charge < -0.3 is 9.73 Å². The summed E-state index contributed by atoms with van der Waals surface area (Å²) < 4.78 is 5.50. The quantitative estimate of drug-likeness (QED) is 0.880. The van der Waals surface area contributed by atoms with E-state index in [0.29, 0.717) is 23.9 Å². The number of nitrogens with zero attached hydrogens (tertiary/aromatic N) is 1. The van der Waals surface area contributed by atoms with Gasteiger partial charge in [-0.15, -0.1) is 0 Å². The molecular weight excluding hydrogens is 216 g/mol. The molecule has 0 aliphatic rings. The van der Waals surface area contributed by atoms with Gasteiger partial charge in [0, 0.05) is 12.1 Å². The van der Waals surface area contributed by atoms with Crippen LogP contribution in [0.15, 0.2) is 34.7 Å². The number of carbonyl (C=O) groups is 1. The van der Waals surface area contributed by atoms with E-state index in [9.17, 15) is 4.79 Å².